The van der Waals surface area contributed by atoms with Crippen LogP contribution in [0.2, 0.25) is 0 Å². The van der Waals surface area contributed by atoms with Crippen LogP contribution in [0.5, 0.6) is 5.75 Å². The molecule has 1 atom stereocenters. The first-order valence-corrected chi connectivity index (χ1v) is 9.04. The van der Waals surface area contributed by atoms with Crippen LogP contribution in [0.1, 0.15) is 44.9 Å². The minimum atomic E-state index is -0.299. The molecular formula is C18H29N3O2. The fourth-order valence-electron chi connectivity index (χ4n) is 3.86. The number of rotatable bonds is 5. The molecule has 0 bridgehead atoms. The Morgan fingerprint density at radius 2 is 1.83 bits per heavy atom. The van der Waals surface area contributed by atoms with Gasteiger partial charge in [-0.05, 0) is 30.9 Å². The third-order valence-corrected chi connectivity index (χ3v) is 5.35. The van der Waals surface area contributed by atoms with Crippen LogP contribution in [0.3, 0.4) is 0 Å². The predicted octanol–water partition coefficient (Wildman–Crippen LogP) is 2.59. The van der Waals surface area contributed by atoms with Gasteiger partial charge >= 0.3 is 0 Å². The van der Waals surface area contributed by atoms with Crippen molar-refractivity contribution >= 4 is 5.82 Å². The number of anilines is 1. The van der Waals surface area contributed by atoms with Crippen LogP contribution in [-0.2, 0) is 0 Å². The summed E-state index contributed by atoms with van der Waals surface area (Å²) in [6, 6.07) is 3.53. The van der Waals surface area contributed by atoms with Crippen molar-refractivity contribution in [2.24, 2.45) is 5.92 Å². The van der Waals surface area contributed by atoms with Crippen LogP contribution in [0, 0.1) is 5.92 Å². The number of aliphatic hydroxyl groups excluding tert-OH is 1. The Balaban J connectivity index is 1.41. The lowest BCUT2D eigenvalue weighted by atomic mass is 9.86. The molecule has 1 saturated heterocycles. The van der Waals surface area contributed by atoms with Gasteiger partial charge < -0.3 is 15.1 Å². The lowest BCUT2D eigenvalue weighted by Crippen LogP contribution is -2.50. The smallest absolute Gasteiger partial charge is 0.134 e. The number of hydrogen-bond acceptors (Lipinski definition) is 5. The van der Waals surface area contributed by atoms with E-state index in [1.165, 1.54) is 44.7 Å². The van der Waals surface area contributed by atoms with Crippen LogP contribution in [0.4, 0.5) is 5.82 Å². The Morgan fingerprint density at radius 1 is 1.09 bits per heavy atom. The second-order valence-corrected chi connectivity index (χ2v) is 6.96. The lowest BCUT2D eigenvalue weighted by Gasteiger charge is -2.38. The molecule has 1 aromatic heterocycles. The summed E-state index contributed by atoms with van der Waals surface area (Å²) in [6.07, 6.45) is 10.1. The molecule has 23 heavy (non-hydrogen) atoms. The van der Waals surface area contributed by atoms with E-state index in [-0.39, 0.29) is 12.0 Å². The molecule has 2 aliphatic rings. The van der Waals surface area contributed by atoms with E-state index in [4.69, 9.17) is 0 Å². The standard InChI is InChI=1S/C18H29N3O2/c22-16-7-8-17(19-14-16)20-10-12-21(13-11-20)18(23)9-6-15-4-2-1-3-5-15/h7-8,14-15,18,22-23H,1-6,9-13H2. The first-order chi connectivity index (χ1) is 11.2. The molecule has 2 N–H and O–H groups in total. The van der Waals surface area contributed by atoms with Crippen molar-refractivity contribution < 1.29 is 10.2 Å². The summed E-state index contributed by atoms with van der Waals surface area (Å²) in [7, 11) is 0. The second kappa shape index (κ2) is 7.97. The highest BCUT2D eigenvalue weighted by Gasteiger charge is 2.24. The summed E-state index contributed by atoms with van der Waals surface area (Å²) < 4.78 is 0. The van der Waals surface area contributed by atoms with E-state index in [0.717, 1.165) is 44.3 Å². The highest BCUT2D eigenvalue weighted by molar-refractivity contribution is 5.40. The van der Waals surface area contributed by atoms with Gasteiger partial charge in [0.15, 0.2) is 0 Å². The molecule has 2 heterocycles. The van der Waals surface area contributed by atoms with Gasteiger partial charge in [0.25, 0.3) is 0 Å². The van der Waals surface area contributed by atoms with Gasteiger partial charge in [-0.15, -0.1) is 0 Å². The van der Waals surface area contributed by atoms with Gasteiger partial charge in [0, 0.05) is 26.2 Å². The fourth-order valence-corrected chi connectivity index (χ4v) is 3.86. The zero-order chi connectivity index (χ0) is 16.1. The molecule has 0 spiro atoms. The molecule has 1 aliphatic heterocycles. The molecule has 1 aliphatic carbocycles. The van der Waals surface area contributed by atoms with Crippen molar-refractivity contribution in [3.8, 4) is 5.75 Å². The van der Waals surface area contributed by atoms with Crippen molar-refractivity contribution in [1.29, 1.82) is 0 Å². The molecule has 0 radical (unpaired) electrons. The minimum Gasteiger partial charge on any atom is -0.506 e. The molecule has 0 aromatic carbocycles. The number of piperazine rings is 1. The summed E-state index contributed by atoms with van der Waals surface area (Å²) in [4.78, 5) is 8.67. The van der Waals surface area contributed by atoms with Crippen molar-refractivity contribution in [2.75, 3.05) is 31.1 Å². The average molecular weight is 319 g/mol. The fraction of sp³-hybridized carbons (Fsp3) is 0.722. The Kier molecular flexibility index (Phi) is 5.73. The van der Waals surface area contributed by atoms with Gasteiger partial charge in [-0.1, -0.05) is 32.1 Å². The summed E-state index contributed by atoms with van der Waals surface area (Å²) in [5.74, 6) is 1.94. The maximum Gasteiger partial charge on any atom is 0.134 e. The number of hydrogen-bond donors (Lipinski definition) is 2. The van der Waals surface area contributed by atoms with E-state index in [0.29, 0.717) is 0 Å². The van der Waals surface area contributed by atoms with Crippen molar-refractivity contribution in [1.82, 2.24) is 9.88 Å². The third-order valence-electron chi connectivity index (χ3n) is 5.35. The molecule has 1 unspecified atom stereocenters. The van der Waals surface area contributed by atoms with E-state index in [1.54, 1.807) is 6.07 Å². The highest BCUT2D eigenvalue weighted by atomic mass is 16.3. The van der Waals surface area contributed by atoms with Gasteiger partial charge in [0.05, 0.1) is 6.20 Å². The zero-order valence-corrected chi connectivity index (χ0v) is 13.9. The normalized spacial score (nSPS) is 22.2. The third kappa shape index (κ3) is 4.58. The van der Waals surface area contributed by atoms with Crippen LogP contribution in [0.15, 0.2) is 18.3 Å². The predicted molar refractivity (Wildman–Crippen MR) is 91.5 cm³/mol. The quantitative estimate of drug-likeness (QED) is 0.873. The lowest BCUT2D eigenvalue weighted by molar-refractivity contribution is -0.0106. The maximum atomic E-state index is 10.5. The number of aromatic nitrogens is 1. The Hall–Kier alpha value is -1.33. The van der Waals surface area contributed by atoms with E-state index >= 15 is 0 Å². The number of nitrogens with zero attached hydrogens (tertiary/aromatic N) is 3. The Bertz CT molecular complexity index is 466. The summed E-state index contributed by atoms with van der Waals surface area (Å²) in [5, 5.41) is 19.8. The van der Waals surface area contributed by atoms with Gasteiger partial charge in [-0.25, -0.2) is 4.98 Å². The van der Waals surface area contributed by atoms with Crippen LogP contribution in [0.25, 0.3) is 0 Å². The van der Waals surface area contributed by atoms with Gasteiger partial charge in [-0.2, -0.15) is 0 Å². The molecule has 3 rings (SSSR count). The largest absolute Gasteiger partial charge is 0.506 e. The molecule has 1 saturated carbocycles. The monoisotopic (exact) mass is 319 g/mol. The maximum absolute atomic E-state index is 10.5. The average Bonchev–Trinajstić information content (AvgIpc) is 2.61. The summed E-state index contributed by atoms with van der Waals surface area (Å²) in [6.45, 7) is 3.49. The van der Waals surface area contributed by atoms with Gasteiger partial charge in [0.2, 0.25) is 0 Å². The van der Waals surface area contributed by atoms with Crippen LogP contribution >= 0.6 is 0 Å². The molecule has 128 valence electrons. The van der Waals surface area contributed by atoms with E-state index in [2.05, 4.69) is 14.8 Å². The SMILES string of the molecule is Oc1ccc(N2CCN(C(O)CCC3CCCCC3)CC2)nc1. The zero-order valence-electron chi connectivity index (χ0n) is 13.9. The van der Waals surface area contributed by atoms with Crippen molar-refractivity contribution in [3.05, 3.63) is 18.3 Å². The van der Waals surface area contributed by atoms with Crippen molar-refractivity contribution in [2.45, 2.75) is 51.2 Å². The molecule has 5 heteroatoms. The minimum absolute atomic E-state index is 0.200. The first kappa shape index (κ1) is 16.5. The first-order valence-electron chi connectivity index (χ1n) is 9.04. The number of aromatic hydroxyl groups is 1. The molecule has 2 fully saturated rings. The Labute approximate surface area is 138 Å². The van der Waals surface area contributed by atoms with Crippen molar-refractivity contribution in [3.63, 3.8) is 0 Å². The van der Waals surface area contributed by atoms with E-state index in [9.17, 15) is 10.2 Å². The van der Waals surface area contributed by atoms with Gasteiger partial charge in [0.1, 0.15) is 17.8 Å². The van der Waals surface area contributed by atoms with Crippen LogP contribution < -0.4 is 4.90 Å². The van der Waals surface area contributed by atoms with Gasteiger partial charge in [-0.3, -0.25) is 4.90 Å². The second-order valence-electron chi connectivity index (χ2n) is 6.96. The number of aliphatic hydroxyl groups is 1. The summed E-state index contributed by atoms with van der Waals surface area (Å²) >= 11 is 0. The molecule has 1 aromatic rings. The molecule has 0 amide bonds. The molecule has 5 nitrogen and oxygen atoms in total. The summed E-state index contributed by atoms with van der Waals surface area (Å²) in [5.41, 5.74) is 0. The Morgan fingerprint density at radius 3 is 2.48 bits per heavy atom. The topological polar surface area (TPSA) is 59.8 Å². The van der Waals surface area contributed by atoms with E-state index in [1.807, 2.05) is 6.07 Å². The van der Waals surface area contributed by atoms with E-state index < -0.39 is 0 Å². The highest BCUT2D eigenvalue weighted by Crippen LogP contribution is 2.28. The van der Waals surface area contributed by atoms with Crippen LogP contribution in [-0.4, -0.2) is 52.5 Å². The molecular weight excluding hydrogens is 290 g/mol. The number of pyridine rings is 1.